The Bertz CT molecular complexity index is 1210. The minimum Gasteiger partial charge on any atom is -0.445 e. The summed E-state index contributed by atoms with van der Waals surface area (Å²) in [6.45, 7) is 1.55. The molecular weight excluding hydrogens is 493 g/mol. The van der Waals surface area contributed by atoms with Crippen LogP contribution in [0, 0.1) is 5.41 Å². The Hall–Kier alpha value is -3.39. The molecule has 1 aromatic heterocycles. The first-order chi connectivity index (χ1) is 16.3. The number of hydrogen-bond donors (Lipinski definition) is 1. The standard InChI is InChI=1S/C21H21F3N4O6S/c22-21(23,24)34-15-3-1-14(2-4-15)10-33-19(30)27-8-7-20(11-27)12-28(13-20)18(29)17-6-5-16(9-26-17)35(25,31)32/h1-6,9H,7-8,10-13H2,(H2,25,31,32). The maximum absolute atomic E-state index is 12.6. The Morgan fingerprint density at radius 3 is 2.29 bits per heavy atom. The number of halogens is 3. The van der Waals surface area contributed by atoms with Crippen LogP contribution in [0.15, 0.2) is 47.5 Å². The third kappa shape index (κ3) is 5.82. The number of carbonyl (C=O) groups is 2. The van der Waals surface area contributed by atoms with Gasteiger partial charge in [0.15, 0.2) is 0 Å². The van der Waals surface area contributed by atoms with Gasteiger partial charge in [0, 0.05) is 37.8 Å². The molecule has 2 aliphatic heterocycles. The van der Waals surface area contributed by atoms with E-state index in [1.807, 2.05) is 0 Å². The molecule has 1 spiro atoms. The van der Waals surface area contributed by atoms with Crippen LogP contribution in [0.25, 0.3) is 0 Å². The smallest absolute Gasteiger partial charge is 0.445 e. The van der Waals surface area contributed by atoms with Gasteiger partial charge in [-0.1, -0.05) is 12.1 Å². The molecule has 0 bridgehead atoms. The van der Waals surface area contributed by atoms with Gasteiger partial charge in [-0.15, -0.1) is 13.2 Å². The number of pyridine rings is 1. The molecule has 0 radical (unpaired) electrons. The fraction of sp³-hybridized carbons (Fsp3) is 0.381. The van der Waals surface area contributed by atoms with E-state index in [1.54, 1.807) is 4.90 Å². The van der Waals surface area contributed by atoms with Crippen LogP contribution in [0.3, 0.4) is 0 Å². The summed E-state index contributed by atoms with van der Waals surface area (Å²) in [5.74, 6) is -0.718. The minimum absolute atomic E-state index is 0.0909. The number of benzene rings is 1. The summed E-state index contributed by atoms with van der Waals surface area (Å²) >= 11 is 0. The first kappa shape index (κ1) is 24.7. The van der Waals surface area contributed by atoms with Crippen molar-refractivity contribution in [3.63, 3.8) is 0 Å². The maximum atomic E-state index is 12.6. The molecule has 0 atom stereocenters. The van der Waals surface area contributed by atoms with Crippen molar-refractivity contribution in [3.05, 3.63) is 53.9 Å². The number of nitrogens with two attached hydrogens (primary N) is 1. The SMILES string of the molecule is NS(=O)(=O)c1ccc(C(=O)N2CC3(CCN(C(=O)OCc4ccc(OC(F)(F)F)cc4)C3)C2)nc1. The molecule has 0 aliphatic carbocycles. The Kier molecular flexibility index (Phi) is 6.36. The van der Waals surface area contributed by atoms with Crippen LogP contribution in [0.4, 0.5) is 18.0 Å². The van der Waals surface area contributed by atoms with E-state index in [0.717, 1.165) is 18.3 Å². The quantitative estimate of drug-likeness (QED) is 0.646. The zero-order valence-corrected chi connectivity index (χ0v) is 19.0. The van der Waals surface area contributed by atoms with Gasteiger partial charge in [0.25, 0.3) is 5.91 Å². The van der Waals surface area contributed by atoms with Gasteiger partial charge >= 0.3 is 12.5 Å². The van der Waals surface area contributed by atoms with Gasteiger partial charge in [0.1, 0.15) is 22.9 Å². The van der Waals surface area contributed by atoms with Gasteiger partial charge in [0.05, 0.1) is 0 Å². The van der Waals surface area contributed by atoms with Crippen molar-refractivity contribution in [2.24, 2.45) is 10.6 Å². The molecule has 2 N–H and O–H groups in total. The summed E-state index contributed by atoms with van der Waals surface area (Å²) < 4.78 is 68.4. The first-order valence-corrected chi connectivity index (χ1v) is 11.9. The summed E-state index contributed by atoms with van der Waals surface area (Å²) in [5.41, 5.74) is 0.336. The third-order valence-electron chi connectivity index (χ3n) is 5.84. The molecule has 35 heavy (non-hydrogen) atoms. The Morgan fingerprint density at radius 1 is 1.06 bits per heavy atom. The molecular formula is C21H21F3N4O6S. The number of rotatable bonds is 5. The van der Waals surface area contributed by atoms with Gasteiger partial charge in [0.2, 0.25) is 10.0 Å². The van der Waals surface area contributed by atoms with Crippen LogP contribution in [0.5, 0.6) is 5.75 Å². The first-order valence-electron chi connectivity index (χ1n) is 10.4. The monoisotopic (exact) mass is 514 g/mol. The fourth-order valence-electron chi connectivity index (χ4n) is 4.12. The fourth-order valence-corrected chi connectivity index (χ4v) is 4.57. The lowest BCUT2D eigenvalue weighted by atomic mass is 9.79. The highest BCUT2D eigenvalue weighted by Gasteiger charge is 2.50. The van der Waals surface area contributed by atoms with Crippen molar-refractivity contribution in [1.82, 2.24) is 14.8 Å². The molecule has 2 aliphatic rings. The molecule has 2 saturated heterocycles. The summed E-state index contributed by atoms with van der Waals surface area (Å²) in [7, 11) is -3.90. The number of alkyl halides is 3. The molecule has 3 heterocycles. The average Bonchev–Trinajstić information content (AvgIpc) is 3.21. The highest BCUT2D eigenvalue weighted by Crippen LogP contribution is 2.40. The minimum atomic E-state index is -4.78. The predicted molar refractivity (Wildman–Crippen MR) is 113 cm³/mol. The third-order valence-corrected chi connectivity index (χ3v) is 6.74. The lowest BCUT2D eigenvalue weighted by Crippen LogP contribution is -2.59. The Labute approximate surface area is 198 Å². The van der Waals surface area contributed by atoms with Crippen LogP contribution in [0.1, 0.15) is 22.5 Å². The van der Waals surface area contributed by atoms with Crippen LogP contribution >= 0.6 is 0 Å². The van der Waals surface area contributed by atoms with Crippen LogP contribution in [0.2, 0.25) is 0 Å². The largest absolute Gasteiger partial charge is 0.573 e. The summed E-state index contributed by atoms with van der Waals surface area (Å²) in [5, 5.41) is 5.03. The zero-order valence-electron chi connectivity index (χ0n) is 18.2. The topological polar surface area (TPSA) is 132 Å². The molecule has 188 valence electrons. The molecule has 10 nitrogen and oxygen atoms in total. The number of hydrogen-bond acceptors (Lipinski definition) is 7. The molecule has 0 unspecified atom stereocenters. The summed E-state index contributed by atoms with van der Waals surface area (Å²) in [6.07, 6.45) is -3.63. The number of aromatic nitrogens is 1. The summed E-state index contributed by atoms with van der Waals surface area (Å²) in [6, 6.07) is 7.54. The van der Waals surface area contributed by atoms with E-state index in [1.165, 1.54) is 29.2 Å². The Balaban J connectivity index is 1.25. The predicted octanol–water partition coefficient (Wildman–Crippen LogP) is 2.11. The van der Waals surface area contributed by atoms with Crippen LogP contribution < -0.4 is 9.88 Å². The molecule has 4 rings (SSSR count). The number of carbonyl (C=O) groups excluding carboxylic acids is 2. The highest BCUT2D eigenvalue weighted by molar-refractivity contribution is 7.89. The normalized spacial score (nSPS) is 17.3. The van der Waals surface area contributed by atoms with E-state index >= 15 is 0 Å². The lowest BCUT2D eigenvalue weighted by molar-refractivity contribution is -0.274. The molecule has 0 saturated carbocycles. The molecule has 14 heteroatoms. The molecule has 1 aromatic carbocycles. The van der Waals surface area contributed by atoms with Gasteiger partial charge in [-0.2, -0.15) is 0 Å². The molecule has 2 aromatic rings. The summed E-state index contributed by atoms with van der Waals surface area (Å²) in [4.78, 5) is 31.8. The van der Waals surface area contributed by atoms with Crippen LogP contribution in [-0.2, 0) is 21.4 Å². The Morgan fingerprint density at radius 2 is 1.71 bits per heavy atom. The number of ether oxygens (including phenoxy) is 2. The van der Waals surface area contributed by atoms with Gasteiger partial charge in [-0.25, -0.2) is 23.3 Å². The van der Waals surface area contributed by atoms with E-state index < -0.39 is 22.5 Å². The lowest BCUT2D eigenvalue weighted by Gasteiger charge is -2.47. The number of sulfonamides is 1. The van der Waals surface area contributed by atoms with E-state index in [0.29, 0.717) is 38.2 Å². The number of primary sulfonamides is 1. The van der Waals surface area contributed by atoms with Gasteiger partial charge in [-0.3, -0.25) is 4.79 Å². The van der Waals surface area contributed by atoms with Crippen molar-refractivity contribution in [2.45, 2.75) is 24.3 Å². The van der Waals surface area contributed by atoms with Gasteiger partial charge < -0.3 is 19.3 Å². The number of amides is 2. The van der Waals surface area contributed by atoms with Crippen molar-refractivity contribution in [1.29, 1.82) is 0 Å². The van der Waals surface area contributed by atoms with Crippen molar-refractivity contribution < 1.29 is 40.7 Å². The molecule has 2 amide bonds. The van der Waals surface area contributed by atoms with E-state index in [9.17, 15) is 31.2 Å². The van der Waals surface area contributed by atoms with Crippen molar-refractivity contribution in [2.75, 3.05) is 26.2 Å². The highest BCUT2D eigenvalue weighted by atomic mass is 32.2. The second-order valence-electron chi connectivity index (χ2n) is 8.50. The number of likely N-dealkylation sites (tertiary alicyclic amines) is 2. The second kappa shape index (κ2) is 9.00. The van der Waals surface area contributed by atoms with Crippen LogP contribution in [-0.4, -0.2) is 67.7 Å². The van der Waals surface area contributed by atoms with E-state index in [2.05, 4.69) is 9.72 Å². The average molecular weight is 514 g/mol. The van der Waals surface area contributed by atoms with Crippen molar-refractivity contribution in [3.8, 4) is 5.75 Å². The number of nitrogens with zero attached hydrogens (tertiary/aromatic N) is 3. The van der Waals surface area contributed by atoms with E-state index in [-0.39, 0.29) is 34.3 Å². The second-order valence-corrected chi connectivity index (χ2v) is 10.1. The molecule has 2 fully saturated rings. The van der Waals surface area contributed by atoms with Gasteiger partial charge in [-0.05, 0) is 36.2 Å². The van der Waals surface area contributed by atoms with E-state index in [4.69, 9.17) is 9.88 Å². The zero-order chi connectivity index (χ0) is 25.4. The van der Waals surface area contributed by atoms with Crippen molar-refractivity contribution >= 4 is 22.0 Å². The maximum Gasteiger partial charge on any atom is 0.573 e.